The van der Waals surface area contributed by atoms with Crippen molar-refractivity contribution in [3.8, 4) is 5.75 Å². The Morgan fingerprint density at radius 3 is 2.82 bits per heavy atom. The molecule has 0 fully saturated rings. The average molecular weight is 257 g/mol. The second-order valence-electron chi connectivity index (χ2n) is 3.62. The number of nitrogens with two attached hydrogens (primary N) is 1. The van der Waals surface area contributed by atoms with Crippen LogP contribution in [0, 0.1) is 0 Å². The highest BCUT2D eigenvalue weighted by molar-refractivity contribution is 6.31. The Bertz CT molecular complexity index is 396. The molecule has 5 heteroatoms. The monoisotopic (exact) mass is 256 g/mol. The third-order valence-electron chi connectivity index (χ3n) is 2.53. The van der Waals surface area contributed by atoms with Crippen LogP contribution in [0.1, 0.15) is 12.5 Å². The zero-order valence-electron chi connectivity index (χ0n) is 10.1. The zero-order chi connectivity index (χ0) is 12.8. The van der Waals surface area contributed by atoms with E-state index in [1.807, 2.05) is 6.92 Å². The van der Waals surface area contributed by atoms with E-state index in [1.54, 1.807) is 30.1 Å². The summed E-state index contributed by atoms with van der Waals surface area (Å²) >= 11 is 5.98. The van der Waals surface area contributed by atoms with Gasteiger partial charge in [0.2, 0.25) is 0 Å². The summed E-state index contributed by atoms with van der Waals surface area (Å²) in [5, 5.41) is 0.557. The highest BCUT2D eigenvalue weighted by Gasteiger charge is 2.10. The number of amides is 1. The number of benzene rings is 1. The molecule has 1 amide bonds. The Morgan fingerprint density at radius 2 is 2.24 bits per heavy atom. The third kappa shape index (κ3) is 3.61. The molecule has 0 aromatic heterocycles. The lowest BCUT2D eigenvalue weighted by Crippen LogP contribution is -2.31. The van der Waals surface area contributed by atoms with Crippen molar-refractivity contribution >= 4 is 17.5 Å². The summed E-state index contributed by atoms with van der Waals surface area (Å²) in [6, 6.07) is 5.27. The van der Waals surface area contributed by atoms with Crippen molar-refractivity contribution in [2.45, 2.75) is 13.5 Å². The van der Waals surface area contributed by atoms with Gasteiger partial charge < -0.3 is 15.4 Å². The van der Waals surface area contributed by atoms with E-state index >= 15 is 0 Å². The normalized spacial score (nSPS) is 10.1. The van der Waals surface area contributed by atoms with E-state index in [9.17, 15) is 4.79 Å². The molecular formula is C12H17ClN2O2. The highest BCUT2D eigenvalue weighted by Crippen LogP contribution is 2.25. The van der Waals surface area contributed by atoms with E-state index < -0.39 is 0 Å². The number of carbonyl (C=O) groups excluding carboxylic acids is 1. The number of rotatable bonds is 5. The average Bonchev–Trinajstić information content (AvgIpc) is 2.34. The lowest BCUT2D eigenvalue weighted by atomic mass is 10.2. The van der Waals surface area contributed by atoms with Gasteiger partial charge in [-0.3, -0.25) is 4.79 Å². The van der Waals surface area contributed by atoms with Crippen molar-refractivity contribution < 1.29 is 9.53 Å². The predicted octanol–water partition coefficient (Wildman–Crippen LogP) is 1.66. The standard InChI is InChI=1S/C12H17ClN2O2/c1-3-15(2)12(16)8-17-11-6-4-5-10(13)9(11)7-14/h4-6H,3,7-8,14H2,1-2H3. The van der Waals surface area contributed by atoms with Crippen molar-refractivity contribution in [1.29, 1.82) is 0 Å². The molecule has 0 aliphatic carbocycles. The van der Waals surface area contributed by atoms with Gasteiger partial charge in [-0.15, -0.1) is 0 Å². The molecule has 1 rings (SSSR count). The Morgan fingerprint density at radius 1 is 1.53 bits per heavy atom. The van der Waals surface area contributed by atoms with Crippen LogP contribution in [0.3, 0.4) is 0 Å². The number of ether oxygens (including phenoxy) is 1. The minimum Gasteiger partial charge on any atom is -0.483 e. The quantitative estimate of drug-likeness (QED) is 0.872. The molecule has 0 aliphatic rings. The van der Waals surface area contributed by atoms with Crippen LogP contribution in [0.4, 0.5) is 0 Å². The third-order valence-corrected chi connectivity index (χ3v) is 2.89. The minimum absolute atomic E-state index is 0.00230. The molecule has 0 saturated heterocycles. The summed E-state index contributed by atoms with van der Waals surface area (Å²) in [7, 11) is 1.73. The van der Waals surface area contributed by atoms with Crippen molar-refractivity contribution in [3.63, 3.8) is 0 Å². The molecule has 0 radical (unpaired) electrons. The van der Waals surface area contributed by atoms with Gasteiger partial charge >= 0.3 is 0 Å². The fourth-order valence-electron chi connectivity index (χ4n) is 1.30. The van der Waals surface area contributed by atoms with Gasteiger partial charge in [-0.05, 0) is 19.1 Å². The summed E-state index contributed by atoms with van der Waals surface area (Å²) in [6.45, 7) is 2.84. The van der Waals surface area contributed by atoms with Crippen LogP contribution >= 0.6 is 11.6 Å². The first-order chi connectivity index (χ1) is 8.10. The molecule has 17 heavy (non-hydrogen) atoms. The van der Waals surface area contributed by atoms with Gasteiger partial charge in [-0.2, -0.15) is 0 Å². The first kappa shape index (κ1) is 13.8. The van der Waals surface area contributed by atoms with Crippen LogP contribution in [0.15, 0.2) is 18.2 Å². The molecule has 0 spiro atoms. The van der Waals surface area contributed by atoms with E-state index in [0.717, 1.165) is 5.56 Å². The van der Waals surface area contributed by atoms with Crippen LogP contribution in [0.5, 0.6) is 5.75 Å². The van der Waals surface area contributed by atoms with Crippen LogP contribution < -0.4 is 10.5 Å². The van der Waals surface area contributed by atoms with Crippen molar-refractivity contribution in [2.75, 3.05) is 20.2 Å². The minimum atomic E-state index is -0.0737. The topological polar surface area (TPSA) is 55.6 Å². The SMILES string of the molecule is CCN(C)C(=O)COc1cccc(Cl)c1CN. The molecule has 4 nitrogen and oxygen atoms in total. The van der Waals surface area contributed by atoms with Gasteiger partial charge in [0, 0.05) is 30.7 Å². The molecule has 0 bridgehead atoms. The summed E-state index contributed by atoms with van der Waals surface area (Å²) < 4.78 is 5.44. The maximum absolute atomic E-state index is 11.6. The van der Waals surface area contributed by atoms with E-state index in [0.29, 0.717) is 17.3 Å². The van der Waals surface area contributed by atoms with Crippen molar-refractivity contribution in [2.24, 2.45) is 5.73 Å². The number of halogens is 1. The number of nitrogens with zero attached hydrogens (tertiary/aromatic N) is 1. The summed E-state index contributed by atoms with van der Waals surface area (Å²) in [6.07, 6.45) is 0. The fraction of sp³-hybridized carbons (Fsp3) is 0.417. The maximum Gasteiger partial charge on any atom is 0.260 e. The summed E-state index contributed by atoms with van der Waals surface area (Å²) in [5.41, 5.74) is 6.31. The first-order valence-corrected chi connectivity index (χ1v) is 5.82. The molecule has 0 heterocycles. The van der Waals surface area contributed by atoms with E-state index in [4.69, 9.17) is 22.1 Å². The zero-order valence-corrected chi connectivity index (χ0v) is 10.8. The van der Waals surface area contributed by atoms with Gasteiger partial charge in [-0.1, -0.05) is 17.7 Å². The van der Waals surface area contributed by atoms with Gasteiger partial charge in [0.25, 0.3) is 5.91 Å². The largest absolute Gasteiger partial charge is 0.483 e. The van der Waals surface area contributed by atoms with Crippen molar-refractivity contribution in [1.82, 2.24) is 4.90 Å². The Hall–Kier alpha value is -1.26. The van der Waals surface area contributed by atoms with E-state index in [2.05, 4.69) is 0 Å². The summed E-state index contributed by atoms with van der Waals surface area (Å²) in [5.74, 6) is 0.494. The molecule has 0 atom stereocenters. The molecule has 94 valence electrons. The number of hydrogen-bond donors (Lipinski definition) is 1. The fourth-order valence-corrected chi connectivity index (χ4v) is 1.54. The van der Waals surface area contributed by atoms with Crippen LogP contribution in [0.2, 0.25) is 5.02 Å². The molecule has 2 N–H and O–H groups in total. The second kappa shape index (κ2) is 6.47. The van der Waals surface area contributed by atoms with Crippen LogP contribution in [0.25, 0.3) is 0 Å². The lowest BCUT2D eigenvalue weighted by molar-refractivity contribution is -0.131. The summed E-state index contributed by atoms with van der Waals surface area (Å²) in [4.78, 5) is 13.2. The number of carbonyl (C=O) groups is 1. The Labute approximate surface area is 106 Å². The van der Waals surface area contributed by atoms with Gasteiger partial charge in [0.15, 0.2) is 6.61 Å². The molecule has 0 aliphatic heterocycles. The molecule has 0 saturated carbocycles. The van der Waals surface area contributed by atoms with Crippen LogP contribution in [-0.2, 0) is 11.3 Å². The van der Waals surface area contributed by atoms with E-state index in [1.165, 1.54) is 0 Å². The molecule has 1 aromatic rings. The lowest BCUT2D eigenvalue weighted by Gasteiger charge is -2.16. The van der Waals surface area contributed by atoms with Gasteiger partial charge in [-0.25, -0.2) is 0 Å². The highest BCUT2D eigenvalue weighted by atomic mass is 35.5. The van der Waals surface area contributed by atoms with Gasteiger partial charge in [0.05, 0.1) is 0 Å². The number of likely N-dealkylation sites (N-methyl/N-ethyl adjacent to an activating group) is 1. The predicted molar refractivity (Wildman–Crippen MR) is 68.1 cm³/mol. The molecule has 0 unspecified atom stereocenters. The van der Waals surface area contributed by atoms with Gasteiger partial charge in [0.1, 0.15) is 5.75 Å². The van der Waals surface area contributed by atoms with Crippen LogP contribution in [-0.4, -0.2) is 31.0 Å². The van der Waals surface area contributed by atoms with E-state index in [-0.39, 0.29) is 19.1 Å². The second-order valence-corrected chi connectivity index (χ2v) is 4.02. The first-order valence-electron chi connectivity index (χ1n) is 5.44. The molecule has 1 aromatic carbocycles. The molecular weight excluding hydrogens is 240 g/mol. The maximum atomic E-state index is 11.6. The van der Waals surface area contributed by atoms with Crippen molar-refractivity contribution in [3.05, 3.63) is 28.8 Å². The Kier molecular flexibility index (Phi) is 5.25. The smallest absolute Gasteiger partial charge is 0.260 e. The Balaban J connectivity index is 2.69. The number of hydrogen-bond acceptors (Lipinski definition) is 3.